The number of carbonyl (C=O) groups is 1. The molecule has 0 aliphatic carbocycles. The highest BCUT2D eigenvalue weighted by Crippen LogP contribution is 1.92. The van der Waals surface area contributed by atoms with Crippen molar-refractivity contribution < 1.29 is 9.90 Å². The van der Waals surface area contributed by atoms with E-state index in [2.05, 4.69) is 5.32 Å². The topological polar surface area (TPSA) is 101 Å². The summed E-state index contributed by atoms with van der Waals surface area (Å²) in [5, 5.41) is 11.2. The average Bonchev–Trinajstić information content (AvgIpc) is 1.97. The highest BCUT2D eigenvalue weighted by Gasteiger charge is 2.09. The van der Waals surface area contributed by atoms with E-state index in [1.807, 2.05) is 0 Å². The Labute approximate surface area is 65.7 Å². The molecule has 5 nitrogen and oxygen atoms in total. The highest BCUT2D eigenvalue weighted by molar-refractivity contribution is 5.72. The van der Waals surface area contributed by atoms with Crippen LogP contribution in [0.15, 0.2) is 0 Å². The SMILES string of the molecule is NCNCCCC(N)C(=O)O. The van der Waals surface area contributed by atoms with Crippen LogP contribution in [0.1, 0.15) is 12.8 Å². The molecule has 0 aromatic heterocycles. The van der Waals surface area contributed by atoms with Gasteiger partial charge < -0.3 is 21.9 Å². The fourth-order valence-corrected chi connectivity index (χ4v) is 0.673. The number of nitrogens with two attached hydrogens (primary N) is 2. The largest absolute Gasteiger partial charge is 0.480 e. The molecule has 0 aliphatic rings. The zero-order valence-electron chi connectivity index (χ0n) is 6.42. The lowest BCUT2D eigenvalue weighted by atomic mass is 10.2. The van der Waals surface area contributed by atoms with Gasteiger partial charge in [0, 0.05) is 6.67 Å². The Kier molecular flexibility index (Phi) is 5.73. The van der Waals surface area contributed by atoms with Crippen LogP contribution >= 0.6 is 0 Å². The molecule has 0 radical (unpaired) electrons. The molecule has 0 bridgehead atoms. The minimum absolute atomic E-state index is 0.419. The van der Waals surface area contributed by atoms with Crippen LogP contribution in [0.4, 0.5) is 0 Å². The number of hydrogen-bond acceptors (Lipinski definition) is 4. The lowest BCUT2D eigenvalue weighted by Crippen LogP contribution is -2.31. The second kappa shape index (κ2) is 6.09. The van der Waals surface area contributed by atoms with Gasteiger partial charge in [-0.1, -0.05) is 0 Å². The Bertz CT molecular complexity index is 118. The first-order valence-electron chi connectivity index (χ1n) is 3.57. The maximum Gasteiger partial charge on any atom is 0.320 e. The van der Waals surface area contributed by atoms with Crippen LogP contribution in [-0.2, 0) is 4.79 Å². The molecule has 0 saturated heterocycles. The van der Waals surface area contributed by atoms with Crippen molar-refractivity contribution in [3.05, 3.63) is 0 Å². The monoisotopic (exact) mass is 161 g/mol. The molecule has 66 valence electrons. The van der Waals surface area contributed by atoms with E-state index in [0.717, 1.165) is 13.0 Å². The summed E-state index contributed by atoms with van der Waals surface area (Å²) in [4.78, 5) is 10.2. The third-order valence-electron chi connectivity index (χ3n) is 1.33. The van der Waals surface area contributed by atoms with Crippen LogP contribution in [0.25, 0.3) is 0 Å². The van der Waals surface area contributed by atoms with Crippen molar-refractivity contribution >= 4 is 5.97 Å². The van der Waals surface area contributed by atoms with Crippen molar-refractivity contribution in [2.45, 2.75) is 18.9 Å². The second-order valence-electron chi connectivity index (χ2n) is 2.29. The summed E-state index contributed by atoms with van der Waals surface area (Å²) in [5.74, 6) is -0.947. The molecular weight excluding hydrogens is 146 g/mol. The van der Waals surface area contributed by atoms with E-state index in [9.17, 15) is 4.79 Å². The van der Waals surface area contributed by atoms with Crippen LogP contribution in [0.2, 0.25) is 0 Å². The number of nitrogens with one attached hydrogen (secondary N) is 1. The molecule has 5 heteroatoms. The van der Waals surface area contributed by atoms with Gasteiger partial charge in [-0.15, -0.1) is 0 Å². The third-order valence-corrected chi connectivity index (χ3v) is 1.33. The lowest BCUT2D eigenvalue weighted by molar-refractivity contribution is -0.138. The molecule has 0 aromatic rings. The minimum Gasteiger partial charge on any atom is -0.480 e. The van der Waals surface area contributed by atoms with Gasteiger partial charge in [0.05, 0.1) is 0 Å². The Balaban J connectivity index is 3.17. The first kappa shape index (κ1) is 10.3. The van der Waals surface area contributed by atoms with Gasteiger partial charge in [0.25, 0.3) is 0 Å². The normalized spacial score (nSPS) is 12.9. The number of hydrogen-bond donors (Lipinski definition) is 4. The second-order valence-corrected chi connectivity index (χ2v) is 2.29. The van der Waals surface area contributed by atoms with Crippen LogP contribution in [0.5, 0.6) is 0 Å². The Morgan fingerprint density at radius 3 is 2.73 bits per heavy atom. The first-order valence-corrected chi connectivity index (χ1v) is 3.57. The molecule has 0 rings (SSSR count). The maximum atomic E-state index is 10.2. The van der Waals surface area contributed by atoms with Crippen LogP contribution in [-0.4, -0.2) is 30.3 Å². The predicted molar refractivity (Wildman–Crippen MR) is 41.9 cm³/mol. The van der Waals surface area contributed by atoms with E-state index >= 15 is 0 Å². The Hall–Kier alpha value is -0.650. The molecule has 0 saturated carbocycles. The molecule has 0 amide bonds. The van der Waals surface area contributed by atoms with E-state index in [1.54, 1.807) is 0 Å². The molecule has 0 fully saturated rings. The van der Waals surface area contributed by atoms with Gasteiger partial charge in [0.15, 0.2) is 0 Å². The number of carboxylic acid groups (broad SMARTS) is 1. The molecule has 1 unspecified atom stereocenters. The van der Waals surface area contributed by atoms with Gasteiger partial charge in [-0.25, -0.2) is 0 Å². The summed E-state index contributed by atoms with van der Waals surface area (Å²) in [6.07, 6.45) is 1.23. The van der Waals surface area contributed by atoms with Crippen molar-refractivity contribution in [2.24, 2.45) is 11.5 Å². The Morgan fingerprint density at radius 2 is 2.27 bits per heavy atom. The zero-order chi connectivity index (χ0) is 8.69. The van der Waals surface area contributed by atoms with Gasteiger partial charge in [0.2, 0.25) is 0 Å². The quantitative estimate of drug-likeness (QED) is 0.286. The average molecular weight is 161 g/mol. The summed E-state index contributed by atoms with van der Waals surface area (Å²) < 4.78 is 0. The number of rotatable bonds is 6. The van der Waals surface area contributed by atoms with Crippen molar-refractivity contribution in [3.63, 3.8) is 0 Å². The fraction of sp³-hybridized carbons (Fsp3) is 0.833. The number of aliphatic carboxylic acids is 1. The smallest absolute Gasteiger partial charge is 0.320 e. The van der Waals surface area contributed by atoms with E-state index in [4.69, 9.17) is 16.6 Å². The molecule has 6 N–H and O–H groups in total. The highest BCUT2D eigenvalue weighted by atomic mass is 16.4. The summed E-state index contributed by atoms with van der Waals surface area (Å²) in [6.45, 7) is 1.14. The van der Waals surface area contributed by atoms with Crippen molar-refractivity contribution in [2.75, 3.05) is 13.2 Å². The van der Waals surface area contributed by atoms with Gasteiger partial charge >= 0.3 is 5.97 Å². The number of carboxylic acids is 1. The summed E-state index contributed by atoms with van der Waals surface area (Å²) in [7, 11) is 0. The van der Waals surface area contributed by atoms with Crippen LogP contribution < -0.4 is 16.8 Å². The van der Waals surface area contributed by atoms with E-state index in [1.165, 1.54) is 0 Å². The van der Waals surface area contributed by atoms with E-state index in [0.29, 0.717) is 13.1 Å². The van der Waals surface area contributed by atoms with E-state index in [-0.39, 0.29) is 0 Å². The molecule has 11 heavy (non-hydrogen) atoms. The maximum absolute atomic E-state index is 10.2. The van der Waals surface area contributed by atoms with Crippen LogP contribution in [0.3, 0.4) is 0 Å². The molecule has 1 atom stereocenters. The zero-order valence-corrected chi connectivity index (χ0v) is 6.42. The lowest BCUT2D eigenvalue weighted by Gasteiger charge is -2.05. The van der Waals surface area contributed by atoms with Gasteiger partial charge in [0.1, 0.15) is 6.04 Å². The summed E-state index contributed by atoms with van der Waals surface area (Å²) >= 11 is 0. The van der Waals surface area contributed by atoms with Crippen LogP contribution in [0, 0.1) is 0 Å². The van der Waals surface area contributed by atoms with Crippen molar-refractivity contribution in [3.8, 4) is 0 Å². The minimum atomic E-state index is -0.947. The van der Waals surface area contributed by atoms with E-state index < -0.39 is 12.0 Å². The summed E-state index contributed by atoms with van der Waals surface area (Å²) in [5.41, 5.74) is 10.4. The molecule has 0 aliphatic heterocycles. The Morgan fingerprint density at radius 1 is 1.64 bits per heavy atom. The van der Waals surface area contributed by atoms with Crippen molar-refractivity contribution in [1.29, 1.82) is 0 Å². The predicted octanol–water partition coefficient (Wildman–Crippen LogP) is -1.32. The fourth-order valence-electron chi connectivity index (χ4n) is 0.673. The molecule has 0 heterocycles. The molecule has 0 aromatic carbocycles. The molecular formula is C6H15N3O2. The van der Waals surface area contributed by atoms with Gasteiger partial charge in [-0.05, 0) is 19.4 Å². The van der Waals surface area contributed by atoms with Gasteiger partial charge in [-0.2, -0.15) is 0 Å². The van der Waals surface area contributed by atoms with Gasteiger partial charge in [-0.3, -0.25) is 4.79 Å². The molecule has 0 spiro atoms. The standard InChI is InChI=1S/C6H15N3O2/c7-4-9-3-1-2-5(8)6(10)11/h5,9H,1-4,7-8H2,(H,10,11). The first-order chi connectivity index (χ1) is 5.18. The van der Waals surface area contributed by atoms with Crippen molar-refractivity contribution in [1.82, 2.24) is 5.32 Å². The summed E-state index contributed by atoms with van der Waals surface area (Å²) in [6, 6.07) is -0.741. The third kappa shape index (κ3) is 5.78.